The summed E-state index contributed by atoms with van der Waals surface area (Å²) in [4.78, 5) is 21.0. The Kier molecular flexibility index (Phi) is 6.54. The molecule has 3 atom stereocenters. The smallest absolute Gasteiger partial charge is 0.254 e. The number of methoxy groups -OCH3 is 1. The number of rotatable bonds is 7. The Morgan fingerprint density at radius 2 is 1.91 bits per heavy atom. The third-order valence-corrected chi connectivity index (χ3v) is 11.1. The summed E-state index contributed by atoms with van der Waals surface area (Å²) in [5.41, 5.74) is 13.3. The number of carbonyl (C=O) groups excluding carboxylic acids is 1. The molecule has 2 aliphatic heterocycles. The highest BCUT2D eigenvalue weighted by Crippen LogP contribution is 2.42. The predicted octanol–water partition coefficient (Wildman–Crippen LogP) is 5.39. The molecule has 9 rings (SSSR count). The van der Waals surface area contributed by atoms with Crippen molar-refractivity contribution in [2.45, 2.75) is 63.2 Å². The van der Waals surface area contributed by atoms with E-state index in [0.29, 0.717) is 29.2 Å². The Morgan fingerprint density at radius 3 is 2.65 bits per heavy atom. The molecule has 1 amide bonds. The van der Waals surface area contributed by atoms with E-state index >= 15 is 0 Å². The van der Waals surface area contributed by atoms with Crippen LogP contribution in [-0.4, -0.2) is 73.7 Å². The minimum absolute atomic E-state index is 0.0174. The van der Waals surface area contributed by atoms with E-state index in [4.69, 9.17) is 25.3 Å². The zero-order valence-corrected chi connectivity index (χ0v) is 26.6. The lowest BCUT2D eigenvalue weighted by molar-refractivity contribution is 0.0662. The highest BCUT2D eigenvalue weighted by atomic mass is 16.5. The van der Waals surface area contributed by atoms with Crippen LogP contribution < -0.4 is 10.5 Å². The molecule has 10 heteroatoms. The van der Waals surface area contributed by atoms with Gasteiger partial charge in [0.1, 0.15) is 11.3 Å². The zero-order valence-electron chi connectivity index (χ0n) is 26.6. The Morgan fingerprint density at radius 1 is 1.07 bits per heavy atom. The van der Waals surface area contributed by atoms with Gasteiger partial charge in [0.2, 0.25) is 0 Å². The molecule has 2 unspecified atom stereocenters. The number of nitrogens with zero attached hydrogens (tertiary/aromatic N) is 6. The Hall–Kier alpha value is -4.15. The molecule has 2 bridgehead atoms. The van der Waals surface area contributed by atoms with E-state index in [1.165, 1.54) is 29.3 Å². The van der Waals surface area contributed by atoms with Crippen molar-refractivity contribution in [2.75, 3.05) is 26.9 Å². The summed E-state index contributed by atoms with van der Waals surface area (Å²) < 4.78 is 18.2. The second-order valence-electron chi connectivity index (χ2n) is 13.9. The maximum Gasteiger partial charge on any atom is 0.254 e. The van der Waals surface area contributed by atoms with Crippen LogP contribution in [0.1, 0.15) is 54.9 Å². The normalized spacial score (nSPS) is 23.3. The number of ether oxygens (including phenoxy) is 2. The summed E-state index contributed by atoms with van der Waals surface area (Å²) in [6.45, 7) is 3.24. The third-order valence-electron chi connectivity index (χ3n) is 11.1. The number of likely N-dealkylation sites (tertiary alicyclic amines) is 1. The fourth-order valence-electron chi connectivity index (χ4n) is 8.38. The summed E-state index contributed by atoms with van der Waals surface area (Å²) in [7, 11) is 3.71. The second kappa shape index (κ2) is 10.7. The Bertz CT molecular complexity index is 1980. The molecule has 2 saturated heterocycles. The maximum absolute atomic E-state index is 13.8. The summed E-state index contributed by atoms with van der Waals surface area (Å²) in [5.74, 6) is 2.59. The van der Waals surface area contributed by atoms with Gasteiger partial charge in [-0.3, -0.25) is 9.48 Å². The number of piperidine rings is 1. The quantitative estimate of drug-likeness (QED) is 0.262. The number of fused-ring (bicyclic) bond motifs is 4. The predicted molar refractivity (Wildman–Crippen MR) is 177 cm³/mol. The molecule has 4 fully saturated rings. The van der Waals surface area contributed by atoms with E-state index in [1.807, 2.05) is 30.3 Å². The monoisotopic (exact) mass is 619 g/mol. The van der Waals surface area contributed by atoms with E-state index < -0.39 is 0 Å². The van der Waals surface area contributed by atoms with E-state index in [0.717, 1.165) is 80.1 Å². The summed E-state index contributed by atoms with van der Waals surface area (Å²) >= 11 is 0. The van der Waals surface area contributed by atoms with Crippen LogP contribution in [0.25, 0.3) is 44.6 Å². The second-order valence-corrected chi connectivity index (χ2v) is 13.9. The van der Waals surface area contributed by atoms with Crippen molar-refractivity contribution in [1.82, 2.24) is 28.8 Å². The third kappa shape index (κ3) is 4.41. The van der Waals surface area contributed by atoms with Gasteiger partial charge in [-0.25, -0.2) is 4.98 Å². The first-order chi connectivity index (χ1) is 22.5. The molecule has 4 aliphatic rings. The lowest BCUT2D eigenvalue weighted by Crippen LogP contribution is -2.41. The summed E-state index contributed by atoms with van der Waals surface area (Å²) in [6.07, 6.45) is 10.8. The topological polar surface area (TPSA) is 105 Å². The molecule has 2 N–H and O–H groups in total. The molecule has 3 aromatic heterocycles. The van der Waals surface area contributed by atoms with Crippen LogP contribution in [0, 0.1) is 11.8 Å². The molecular weight excluding hydrogens is 578 g/mol. The molecule has 46 heavy (non-hydrogen) atoms. The lowest BCUT2D eigenvalue weighted by atomic mass is 10.1. The minimum atomic E-state index is 0.0174. The van der Waals surface area contributed by atoms with Gasteiger partial charge in [0.25, 0.3) is 5.91 Å². The Balaban J connectivity index is 1.15. The molecule has 2 aliphatic carbocycles. The van der Waals surface area contributed by atoms with Crippen LogP contribution in [0.4, 0.5) is 0 Å². The number of benzene rings is 2. The number of imidazole rings is 1. The summed E-state index contributed by atoms with van der Waals surface area (Å²) in [5, 5.41) is 5.99. The van der Waals surface area contributed by atoms with Gasteiger partial charge in [-0.15, -0.1) is 0 Å². The largest absolute Gasteiger partial charge is 0.494 e. The fourth-order valence-corrected chi connectivity index (χ4v) is 8.38. The first kappa shape index (κ1) is 28.1. The number of hydrogen-bond acceptors (Lipinski definition) is 6. The molecule has 10 nitrogen and oxygen atoms in total. The van der Waals surface area contributed by atoms with Crippen molar-refractivity contribution in [3.63, 3.8) is 0 Å². The van der Waals surface area contributed by atoms with Gasteiger partial charge in [0, 0.05) is 73.7 Å². The average Bonchev–Trinajstić information content (AvgIpc) is 3.41. The number of aryl methyl sites for hydroxylation is 1. The van der Waals surface area contributed by atoms with Crippen LogP contribution in [0.15, 0.2) is 48.8 Å². The van der Waals surface area contributed by atoms with Gasteiger partial charge in [0.15, 0.2) is 5.82 Å². The highest BCUT2D eigenvalue weighted by molar-refractivity contribution is 6.01. The van der Waals surface area contributed by atoms with Crippen LogP contribution in [-0.2, 0) is 18.3 Å². The summed E-state index contributed by atoms with van der Waals surface area (Å²) in [6, 6.07) is 13.2. The number of carbonyl (C=O) groups is 1. The molecule has 0 spiro atoms. The minimum Gasteiger partial charge on any atom is -0.494 e. The number of amides is 1. The van der Waals surface area contributed by atoms with Crippen LogP contribution in [0.3, 0.4) is 0 Å². The van der Waals surface area contributed by atoms with E-state index in [9.17, 15) is 4.79 Å². The van der Waals surface area contributed by atoms with Gasteiger partial charge in [-0.2, -0.15) is 5.10 Å². The lowest BCUT2D eigenvalue weighted by Gasteiger charge is -2.27. The highest BCUT2D eigenvalue weighted by Gasteiger charge is 2.47. The van der Waals surface area contributed by atoms with E-state index in [2.05, 4.69) is 44.3 Å². The molecular formula is C36H41N7O3. The Labute approximate surface area is 268 Å². The molecule has 5 aromatic rings. The van der Waals surface area contributed by atoms with Crippen molar-refractivity contribution in [3.05, 3.63) is 54.4 Å². The number of nitrogens with two attached hydrogens (primary N) is 1. The van der Waals surface area contributed by atoms with Crippen LogP contribution in [0.2, 0.25) is 0 Å². The molecule has 2 saturated carbocycles. The number of hydrogen-bond donors (Lipinski definition) is 1. The standard InChI is InChI=1S/C36H41N7O3/c1-40-34-28(14-24(16-31(34)45-2)36(44)42-19-23-8-9-29(42)32(23)37)39-35(40)30-15-22-4-3-5-27(33(22)41(30)18-21-6-7-21)25-17-38-43(20-25)26-10-12-46-13-11-26/h3-5,14-17,20-21,23,26,29,32H,6-13,18-19,37H2,1-2H3/t23?,29?,32-/m1/s1. The molecule has 2 aromatic carbocycles. The van der Waals surface area contributed by atoms with Gasteiger partial charge >= 0.3 is 0 Å². The van der Waals surface area contributed by atoms with E-state index in [1.54, 1.807) is 7.11 Å². The van der Waals surface area contributed by atoms with Gasteiger partial charge in [-0.05, 0) is 68.6 Å². The first-order valence-electron chi connectivity index (χ1n) is 16.8. The van der Waals surface area contributed by atoms with Gasteiger partial charge < -0.3 is 29.2 Å². The van der Waals surface area contributed by atoms with Crippen molar-refractivity contribution in [2.24, 2.45) is 24.6 Å². The van der Waals surface area contributed by atoms with Gasteiger partial charge in [-0.1, -0.05) is 18.2 Å². The average molecular weight is 620 g/mol. The van der Waals surface area contributed by atoms with E-state index in [-0.39, 0.29) is 18.0 Å². The molecule has 0 radical (unpaired) electrons. The van der Waals surface area contributed by atoms with Crippen molar-refractivity contribution in [1.29, 1.82) is 0 Å². The van der Waals surface area contributed by atoms with Crippen molar-refractivity contribution in [3.8, 4) is 28.4 Å². The van der Waals surface area contributed by atoms with Crippen molar-refractivity contribution >= 4 is 27.8 Å². The van der Waals surface area contributed by atoms with Crippen LogP contribution in [0.5, 0.6) is 5.75 Å². The SMILES string of the molecule is COc1cc(C(=O)N2CC3CCC2[C@@H]3N)cc2nc(-c3cc4cccc(-c5cnn(C6CCOCC6)c5)c4n3CC3CC3)n(C)c12. The fraction of sp³-hybridized carbons (Fsp3) is 0.472. The van der Waals surface area contributed by atoms with Crippen LogP contribution >= 0.6 is 0 Å². The maximum atomic E-state index is 13.8. The molecule has 5 heterocycles. The number of para-hydroxylation sites is 1. The molecule has 238 valence electrons. The van der Waals surface area contributed by atoms with Crippen molar-refractivity contribution < 1.29 is 14.3 Å². The first-order valence-corrected chi connectivity index (χ1v) is 16.8. The van der Waals surface area contributed by atoms with Gasteiger partial charge in [0.05, 0.1) is 36.1 Å². The zero-order chi connectivity index (χ0) is 31.1. The number of aromatic nitrogens is 5.